The number of likely N-dealkylation sites (tertiary alicyclic amines) is 1. The Morgan fingerprint density at radius 3 is 2.57 bits per heavy atom. The Balaban J connectivity index is 0.00000264. The predicted octanol–water partition coefficient (Wildman–Crippen LogP) is 2.92. The van der Waals surface area contributed by atoms with Crippen LogP contribution >= 0.6 is 35.3 Å². The first-order valence-electron chi connectivity index (χ1n) is 8.24. The number of guanidine groups is 1. The number of aliphatic imine (C=N–C) groups is 1. The summed E-state index contributed by atoms with van der Waals surface area (Å²) in [6.07, 6.45) is 3.63. The molecule has 2 rings (SSSR count). The lowest BCUT2D eigenvalue weighted by Crippen LogP contribution is -2.48. The minimum atomic E-state index is 0. The first kappa shape index (κ1) is 20.6. The normalized spacial score (nSPS) is 17.0. The van der Waals surface area contributed by atoms with Crippen LogP contribution in [0.4, 0.5) is 0 Å². The highest BCUT2D eigenvalue weighted by Crippen LogP contribution is 2.16. The van der Waals surface area contributed by atoms with Gasteiger partial charge >= 0.3 is 0 Å². The zero-order chi connectivity index (χ0) is 15.9. The fraction of sp³-hybridized carbons (Fsp3) is 0.750. The highest BCUT2D eigenvalue weighted by molar-refractivity contribution is 14.0. The third-order valence-electron chi connectivity index (χ3n) is 4.17. The summed E-state index contributed by atoms with van der Waals surface area (Å²) in [6.45, 7) is 10.8. The average molecular weight is 451 g/mol. The van der Waals surface area contributed by atoms with Crippen LogP contribution in [-0.4, -0.2) is 48.6 Å². The average Bonchev–Trinajstić information content (AvgIpc) is 2.84. The molecule has 1 saturated heterocycles. The second kappa shape index (κ2) is 10.5. The van der Waals surface area contributed by atoms with Crippen LogP contribution < -0.4 is 10.6 Å². The van der Waals surface area contributed by atoms with Crippen molar-refractivity contribution >= 4 is 41.3 Å². The van der Waals surface area contributed by atoms with Crippen molar-refractivity contribution in [3.05, 3.63) is 15.6 Å². The number of rotatable bonds is 5. The maximum Gasteiger partial charge on any atom is 0.191 e. The van der Waals surface area contributed by atoms with E-state index in [4.69, 9.17) is 0 Å². The molecule has 132 valence electrons. The molecule has 5 nitrogen and oxygen atoms in total. The molecular formula is C16H30IN5S. The number of hydrogen-bond donors (Lipinski definition) is 2. The zero-order valence-electron chi connectivity index (χ0n) is 14.7. The van der Waals surface area contributed by atoms with E-state index in [-0.39, 0.29) is 24.0 Å². The van der Waals surface area contributed by atoms with Crippen molar-refractivity contribution in [3.8, 4) is 0 Å². The molecule has 1 aromatic heterocycles. The van der Waals surface area contributed by atoms with Crippen molar-refractivity contribution in [1.29, 1.82) is 0 Å². The Morgan fingerprint density at radius 2 is 2.04 bits per heavy atom. The molecule has 0 spiro atoms. The van der Waals surface area contributed by atoms with Crippen LogP contribution in [0.5, 0.6) is 0 Å². The number of aromatic nitrogens is 1. The Kier molecular flexibility index (Phi) is 9.38. The van der Waals surface area contributed by atoms with Crippen LogP contribution in [0.3, 0.4) is 0 Å². The van der Waals surface area contributed by atoms with Crippen LogP contribution in [-0.2, 0) is 6.54 Å². The molecule has 0 radical (unpaired) electrons. The van der Waals surface area contributed by atoms with Crippen LogP contribution in [0.15, 0.2) is 4.99 Å². The molecule has 0 aromatic carbocycles. The molecule has 1 aromatic rings. The summed E-state index contributed by atoms with van der Waals surface area (Å²) in [5, 5.41) is 8.05. The summed E-state index contributed by atoms with van der Waals surface area (Å²) < 4.78 is 0. The summed E-state index contributed by atoms with van der Waals surface area (Å²) >= 11 is 1.76. The molecule has 2 N–H and O–H groups in total. The van der Waals surface area contributed by atoms with Crippen molar-refractivity contribution in [3.63, 3.8) is 0 Å². The van der Waals surface area contributed by atoms with Crippen LogP contribution in [0.1, 0.15) is 41.8 Å². The SMILES string of the molecule is CCCN1CCC(NC(=NC)NCc2nc(C)c(C)s2)CC1.I. The molecule has 0 aliphatic carbocycles. The van der Waals surface area contributed by atoms with Gasteiger partial charge in [-0.1, -0.05) is 6.92 Å². The van der Waals surface area contributed by atoms with E-state index in [1.165, 1.54) is 43.8 Å². The molecule has 0 amide bonds. The largest absolute Gasteiger partial charge is 0.354 e. The molecule has 7 heteroatoms. The maximum absolute atomic E-state index is 4.56. The molecule has 0 atom stereocenters. The molecular weight excluding hydrogens is 421 g/mol. The van der Waals surface area contributed by atoms with E-state index < -0.39 is 0 Å². The van der Waals surface area contributed by atoms with Gasteiger partial charge in [0.2, 0.25) is 0 Å². The first-order chi connectivity index (χ1) is 10.6. The number of piperidine rings is 1. The topological polar surface area (TPSA) is 52.5 Å². The molecule has 0 bridgehead atoms. The fourth-order valence-corrected chi connectivity index (χ4v) is 3.65. The van der Waals surface area contributed by atoms with Gasteiger partial charge in [-0.2, -0.15) is 0 Å². The van der Waals surface area contributed by atoms with E-state index in [2.05, 4.69) is 46.3 Å². The van der Waals surface area contributed by atoms with E-state index in [0.29, 0.717) is 6.04 Å². The van der Waals surface area contributed by atoms with Crippen molar-refractivity contribution in [2.45, 2.75) is 52.6 Å². The minimum Gasteiger partial charge on any atom is -0.354 e. The lowest BCUT2D eigenvalue weighted by molar-refractivity contribution is 0.206. The van der Waals surface area contributed by atoms with Gasteiger partial charge in [-0.3, -0.25) is 4.99 Å². The Hall–Kier alpha value is -0.410. The predicted molar refractivity (Wildman–Crippen MR) is 110 cm³/mol. The number of aryl methyl sites for hydroxylation is 2. The van der Waals surface area contributed by atoms with Gasteiger partial charge in [-0.05, 0) is 39.7 Å². The smallest absolute Gasteiger partial charge is 0.191 e. The standard InChI is InChI=1S/C16H29N5S.HI/c1-5-8-21-9-6-14(7-10-21)20-16(17-4)18-11-15-19-12(2)13(3)22-15;/h14H,5-11H2,1-4H3,(H2,17,18,20);1H. The second-order valence-electron chi connectivity index (χ2n) is 5.94. The second-order valence-corrected chi connectivity index (χ2v) is 7.22. The molecule has 1 fully saturated rings. The van der Waals surface area contributed by atoms with Gasteiger partial charge in [0.15, 0.2) is 5.96 Å². The van der Waals surface area contributed by atoms with Crippen molar-refractivity contribution < 1.29 is 0 Å². The first-order valence-corrected chi connectivity index (χ1v) is 9.06. The molecule has 0 saturated carbocycles. The number of thiazole rings is 1. The number of nitrogens with one attached hydrogen (secondary N) is 2. The minimum absolute atomic E-state index is 0. The Bertz CT molecular complexity index is 475. The maximum atomic E-state index is 4.56. The monoisotopic (exact) mass is 451 g/mol. The molecule has 2 heterocycles. The van der Waals surface area contributed by atoms with Gasteiger partial charge in [0.25, 0.3) is 0 Å². The molecule has 1 aliphatic heterocycles. The highest BCUT2D eigenvalue weighted by Gasteiger charge is 2.19. The third kappa shape index (κ3) is 6.54. The Morgan fingerprint density at radius 1 is 1.35 bits per heavy atom. The van der Waals surface area contributed by atoms with Gasteiger partial charge in [0.1, 0.15) is 5.01 Å². The van der Waals surface area contributed by atoms with E-state index in [0.717, 1.165) is 23.2 Å². The van der Waals surface area contributed by atoms with E-state index in [9.17, 15) is 0 Å². The van der Waals surface area contributed by atoms with Crippen LogP contribution in [0, 0.1) is 13.8 Å². The number of hydrogen-bond acceptors (Lipinski definition) is 4. The summed E-state index contributed by atoms with van der Waals surface area (Å²) in [7, 11) is 1.83. The van der Waals surface area contributed by atoms with E-state index >= 15 is 0 Å². The molecule has 0 unspecified atom stereocenters. The Labute approximate surface area is 161 Å². The summed E-state index contributed by atoms with van der Waals surface area (Å²) in [5.74, 6) is 0.888. The molecule has 1 aliphatic rings. The van der Waals surface area contributed by atoms with E-state index in [1.807, 2.05) is 7.05 Å². The third-order valence-corrected chi connectivity index (χ3v) is 5.24. The van der Waals surface area contributed by atoms with Gasteiger partial charge in [-0.25, -0.2) is 4.98 Å². The van der Waals surface area contributed by atoms with Gasteiger partial charge < -0.3 is 15.5 Å². The van der Waals surface area contributed by atoms with E-state index in [1.54, 1.807) is 11.3 Å². The van der Waals surface area contributed by atoms with Gasteiger partial charge in [-0.15, -0.1) is 35.3 Å². The van der Waals surface area contributed by atoms with Crippen molar-refractivity contribution in [2.24, 2.45) is 4.99 Å². The molecule has 23 heavy (non-hydrogen) atoms. The van der Waals surface area contributed by atoms with Crippen molar-refractivity contribution in [2.75, 3.05) is 26.7 Å². The summed E-state index contributed by atoms with van der Waals surface area (Å²) in [5.41, 5.74) is 1.13. The summed E-state index contributed by atoms with van der Waals surface area (Å²) in [6, 6.07) is 0.527. The fourth-order valence-electron chi connectivity index (χ4n) is 2.78. The summed E-state index contributed by atoms with van der Waals surface area (Å²) in [4.78, 5) is 12.7. The number of halogens is 1. The zero-order valence-corrected chi connectivity index (χ0v) is 17.8. The van der Waals surface area contributed by atoms with Crippen molar-refractivity contribution in [1.82, 2.24) is 20.5 Å². The van der Waals surface area contributed by atoms with Gasteiger partial charge in [0, 0.05) is 31.1 Å². The quantitative estimate of drug-likeness (QED) is 0.411. The van der Waals surface area contributed by atoms with Crippen LogP contribution in [0.25, 0.3) is 0 Å². The number of nitrogens with zero attached hydrogens (tertiary/aromatic N) is 3. The van der Waals surface area contributed by atoms with Gasteiger partial charge in [0.05, 0.1) is 12.2 Å². The lowest BCUT2D eigenvalue weighted by atomic mass is 10.1. The lowest BCUT2D eigenvalue weighted by Gasteiger charge is -2.32. The highest BCUT2D eigenvalue weighted by atomic mass is 127. The van der Waals surface area contributed by atoms with Crippen LogP contribution in [0.2, 0.25) is 0 Å².